The summed E-state index contributed by atoms with van der Waals surface area (Å²) >= 11 is 0. The van der Waals surface area contributed by atoms with Gasteiger partial charge in [0.2, 0.25) is 0 Å². The lowest BCUT2D eigenvalue weighted by molar-refractivity contribution is 0.195. The third-order valence-electron chi connectivity index (χ3n) is 18.9. The van der Waals surface area contributed by atoms with E-state index in [9.17, 15) is 0 Å². The van der Waals surface area contributed by atoms with Crippen LogP contribution in [-0.2, 0) is 40.9 Å². The van der Waals surface area contributed by atoms with E-state index in [-0.39, 0.29) is 34.0 Å². The first-order valence-electron chi connectivity index (χ1n) is 26.4. The summed E-state index contributed by atoms with van der Waals surface area (Å²) < 4.78 is 0. The van der Waals surface area contributed by atoms with Gasteiger partial charge in [0.05, 0.1) is 5.54 Å². The molecule has 65 heavy (non-hydrogen) atoms. The van der Waals surface area contributed by atoms with E-state index in [2.05, 4.69) is 160 Å². The highest BCUT2D eigenvalue weighted by molar-refractivity contribution is 6.93. The lowest BCUT2D eigenvalue weighted by Crippen LogP contribution is -2.65. The van der Waals surface area contributed by atoms with Gasteiger partial charge in [-0.25, -0.2) is 0 Å². The van der Waals surface area contributed by atoms with Gasteiger partial charge < -0.3 is 9.71 Å². The summed E-state index contributed by atoms with van der Waals surface area (Å²) in [6, 6.07) is 28.9. The molecule has 3 aliphatic carbocycles. The molecule has 11 rings (SSSR count). The van der Waals surface area contributed by atoms with Crippen LogP contribution in [0.3, 0.4) is 0 Å². The second-order valence-corrected chi connectivity index (χ2v) is 24.2. The zero-order chi connectivity index (χ0) is 45.6. The van der Waals surface area contributed by atoms with Crippen molar-refractivity contribution in [1.29, 1.82) is 0 Å². The predicted molar refractivity (Wildman–Crippen MR) is 282 cm³/mol. The summed E-state index contributed by atoms with van der Waals surface area (Å²) in [5.74, 6) is 0. The van der Waals surface area contributed by atoms with Gasteiger partial charge in [-0.2, -0.15) is 0 Å². The molecule has 5 aromatic carbocycles. The van der Waals surface area contributed by atoms with Crippen molar-refractivity contribution in [2.75, 3.05) is 9.71 Å². The van der Waals surface area contributed by atoms with E-state index in [1.807, 2.05) is 0 Å². The Bertz CT molecular complexity index is 2780. The van der Waals surface area contributed by atoms with Crippen LogP contribution in [0.25, 0.3) is 22.3 Å². The Hall–Kier alpha value is -4.24. The lowest BCUT2D eigenvalue weighted by atomic mass is 9.43. The summed E-state index contributed by atoms with van der Waals surface area (Å²) in [7, 11) is 0. The molecule has 338 valence electrons. The van der Waals surface area contributed by atoms with Crippen LogP contribution in [-0.4, -0.2) is 12.4 Å². The van der Waals surface area contributed by atoms with Crippen LogP contribution in [0.2, 0.25) is 0 Å². The van der Waals surface area contributed by atoms with Gasteiger partial charge in [-0.05, 0) is 191 Å². The Morgan fingerprint density at radius 2 is 1.15 bits per heavy atom. The highest BCUT2D eigenvalue weighted by Gasteiger charge is 2.62. The summed E-state index contributed by atoms with van der Waals surface area (Å²) in [6.07, 6.45) is 18.3. The number of aryl methyl sites for hydroxylation is 4. The summed E-state index contributed by atoms with van der Waals surface area (Å²) in [6.45, 7) is 29.9. The Balaban J connectivity index is 1.28. The Kier molecular flexibility index (Phi) is 9.92. The number of rotatable bonds is 10. The Morgan fingerprint density at radius 1 is 0.523 bits per heavy atom. The molecule has 1 saturated carbocycles. The number of unbranched alkanes of at least 4 members (excludes halogenated alkanes) is 3. The molecule has 0 saturated heterocycles. The number of anilines is 4. The van der Waals surface area contributed by atoms with Gasteiger partial charge in [0.25, 0.3) is 0 Å². The van der Waals surface area contributed by atoms with Gasteiger partial charge >= 0.3 is 6.85 Å². The standard InChI is InChI=1S/C62H77BN2/c1-13-16-21-40-24-26-51(39(4)32-40)65-52-27-25-45-54(43-37-47-48(38-46(43)60(45,9)10)59(7,8)31-30-58(47,5)6)55(52)44-33-41(22-17-14-2)36-53-56(44)63(65)50-35-42(23-18-15-3)34-49-57(50)64(53)62(12)29-20-19-28-61(49,62)11/h24-27,32-38H,13-23,28-31H2,1-12H3. The van der Waals surface area contributed by atoms with Gasteiger partial charge in [0.1, 0.15) is 0 Å². The van der Waals surface area contributed by atoms with E-state index in [0.717, 1.165) is 19.3 Å². The average molecular weight is 861 g/mol. The van der Waals surface area contributed by atoms with Crippen molar-refractivity contribution in [3.8, 4) is 22.3 Å². The van der Waals surface area contributed by atoms with Crippen LogP contribution in [0.15, 0.2) is 66.7 Å². The fraction of sp³-hybridized carbons (Fsp3) is 0.516. The van der Waals surface area contributed by atoms with E-state index in [0.29, 0.717) is 0 Å². The first-order valence-corrected chi connectivity index (χ1v) is 26.4. The van der Waals surface area contributed by atoms with Gasteiger partial charge in [-0.3, -0.25) is 0 Å². The zero-order valence-electron chi connectivity index (χ0n) is 42.4. The molecular formula is C62H77BN2. The van der Waals surface area contributed by atoms with Crippen LogP contribution in [0.4, 0.5) is 22.7 Å². The molecule has 0 bridgehead atoms. The third-order valence-corrected chi connectivity index (χ3v) is 18.9. The van der Waals surface area contributed by atoms with Crippen LogP contribution < -0.4 is 20.6 Å². The number of fused-ring (bicyclic) bond motifs is 12. The molecule has 0 amide bonds. The topological polar surface area (TPSA) is 6.48 Å². The SMILES string of the molecule is CCCCc1ccc(N2B3c4cc(CCCC)cc5c4N(c4cc(CCCC)cc(c43)-c3c2ccc2c3-c3cc4c(cc3C2(C)C)C(C)(C)CCC4(C)C)C2(C)CCCCC52C)c(C)c1. The van der Waals surface area contributed by atoms with Crippen molar-refractivity contribution >= 4 is 40.5 Å². The maximum atomic E-state index is 2.98. The second kappa shape index (κ2) is 14.9. The first-order chi connectivity index (χ1) is 31.0. The van der Waals surface area contributed by atoms with Crippen molar-refractivity contribution in [1.82, 2.24) is 0 Å². The minimum absolute atomic E-state index is 0.000454. The van der Waals surface area contributed by atoms with Gasteiger partial charge in [0, 0.05) is 39.1 Å². The van der Waals surface area contributed by atoms with Crippen molar-refractivity contribution in [2.45, 2.75) is 207 Å². The Labute approximate surface area is 394 Å². The highest BCUT2D eigenvalue weighted by Crippen LogP contribution is 2.64. The highest BCUT2D eigenvalue weighted by atomic mass is 15.3. The number of nitrogens with zero attached hydrogens (tertiary/aromatic N) is 2. The lowest BCUT2D eigenvalue weighted by Gasteiger charge is -2.53. The average Bonchev–Trinajstić information content (AvgIpc) is 3.64. The maximum absolute atomic E-state index is 2.98. The van der Waals surface area contributed by atoms with Crippen molar-refractivity contribution < 1.29 is 0 Å². The van der Waals surface area contributed by atoms with E-state index in [1.165, 1.54) is 144 Å². The molecule has 3 heterocycles. The molecule has 2 atom stereocenters. The number of hydrogen-bond donors (Lipinski definition) is 0. The normalized spacial score (nSPS) is 23.0. The van der Waals surface area contributed by atoms with Crippen molar-refractivity contribution in [3.63, 3.8) is 0 Å². The van der Waals surface area contributed by atoms with Crippen LogP contribution in [0.5, 0.6) is 0 Å². The largest absolute Gasteiger partial charge is 0.376 e. The molecule has 0 aromatic heterocycles. The van der Waals surface area contributed by atoms with Crippen molar-refractivity contribution in [2.24, 2.45) is 0 Å². The fourth-order valence-corrected chi connectivity index (χ4v) is 14.6. The van der Waals surface area contributed by atoms with Gasteiger partial charge in [0.15, 0.2) is 0 Å². The molecule has 0 radical (unpaired) electrons. The molecule has 1 fully saturated rings. The number of hydrogen-bond acceptors (Lipinski definition) is 2. The summed E-state index contributed by atoms with van der Waals surface area (Å²) in [5, 5.41) is 0. The molecule has 5 aromatic rings. The van der Waals surface area contributed by atoms with Crippen LogP contribution in [0.1, 0.15) is 203 Å². The van der Waals surface area contributed by atoms with E-state index in [1.54, 1.807) is 38.9 Å². The molecule has 0 N–H and O–H groups in total. The summed E-state index contributed by atoms with van der Waals surface area (Å²) in [5.41, 5.74) is 28.8. The van der Waals surface area contributed by atoms with Crippen LogP contribution >= 0.6 is 0 Å². The van der Waals surface area contributed by atoms with E-state index in [4.69, 9.17) is 0 Å². The second-order valence-electron chi connectivity index (χ2n) is 24.2. The molecule has 0 spiro atoms. The van der Waals surface area contributed by atoms with Crippen molar-refractivity contribution in [3.05, 3.63) is 117 Å². The minimum Gasteiger partial charge on any atom is -0.376 e. The number of benzene rings is 5. The quantitative estimate of drug-likeness (QED) is 0.129. The maximum Gasteiger partial charge on any atom is 0.333 e. The first kappa shape index (κ1) is 43.3. The smallest absolute Gasteiger partial charge is 0.333 e. The van der Waals surface area contributed by atoms with Crippen LogP contribution in [0, 0.1) is 6.92 Å². The predicted octanol–water partition coefficient (Wildman–Crippen LogP) is 15.7. The minimum atomic E-state index is -0.118. The molecule has 6 aliphatic rings. The molecule has 2 nitrogen and oxygen atoms in total. The molecule has 2 unspecified atom stereocenters. The van der Waals surface area contributed by atoms with Gasteiger partial charge in [-0.1, -0.05) is 144 Å². The van der Waals surface area contributed by atoms with E-state index < -0.39 is 0 Å². The third kappa shape index (κ3) is 5.97. The zero-order valence-corrected chi connectivity index (χ0v) is 42.4. The Morgan fingerprint density at radius 3 is 1.83 bits per heavy atom. The van der Waals surface area contributed by atoms with Gasteiger partial charge in [-0.15, -0.1) is 0 Å². The molecule has 3 heteroatoms. The molecule has 3 aliphatic heterocycles. The fourth-order valence-electron chi connectivity index (χ4n) is 14.6. The molecular weight excluding hydrogens is 784 g/mol. The monoisotopic (exact) mass is 861 g/mol. The summed E-state index contributed by atoms with van der Waals surface area (Å²) in [4.78, 5) is 5.86. The van der Waals surface area contributed by atoms with E-state index >= 15 is 0 Å².